The van der Waals surface area contributed by atoms with Crippen LogP contribution < -0.4 is 5.32 Å². The highest BCUT2D eigenvalue weighted by Gasteiger charge is 2.15. The van der Waals surface area contributed by atoms with Crippen LogP contribution in [0.4, 0.5) is 0 Å². The minimum atomic E-state index is -0.0567. The van der Waals surface area contributed by atoms with Crippen LogP contribution in [0.5, 0.6) is 0 Å². The molecule has 2 aromatic heterocycles. The second-order valence-electron chi connectivity index (χ2n) is 5.55. The van der Waals surface area contributed by atoms with E-state index in [2.05, 4.69) is 20.7 Å². The summed E-state index contributed by atoms with van der Waals surface area (Å²) in [4.78, 5) is 23.5. The molecule has 1 N–H and O–H groups in total. The first-order valence-corrected chi connectivity index (χ1v) is 7.57. The van der Waals surface area contributed by atoms with Crippen molar-refractivity contribution in [3.63, 3.8) is 0 Å². The maximum atomic E-state index is 11.9. The molecule has 0 bridgehead atoms. The number of hydrogen-bond donors (Lipinski definition) is 1. The predicted octanol–water partition coefficient (Wildman–Crippen LogP) is 0.809. The number of hydrogen-bond acceptors (Lipinski definition) is 5. The van der Waals surface area contributed by atoms with Crippen molar-refractivity contribution in [2.75, 3.05) is 6.54 Å². The SMILES string of the molecule is CC(=O)c1c(C)nn(CCC(=O)NCCn2cc(C)nn2)c1C. The maximum Gasteiger partial charge on any atom is 0.221 e. The largest absolute Gasteiger partial charge is 0.354 e. The van der Waals surface area contributed by atoms with Crippen LogP contribution in [0.15, 0.2) is 6.20 Å². The van der Waals surface area contributed by atoms with E-state index in [1.165, 1.54) is 6.92 Å². The number of Topliss-reactive ketones (excluding diaryl/α,β-unsaturated/α-hetero) is 1. The molecular weight excluding hydrogens is 296 g/mol. The highest BCUT2D eigenvalue weighted by molar-refractivity contribution is 5.96. The zero-order chi connectivity index (χ0) is 17.0. The lowest BCUT2D eigenvalue weighted by Crippen LogP contribution is -2.28. The first kappa shape index (κ1) is 16.9. The third-order valence-corrected chi connectivity index (χ3v) is 3.60. The van der Waals surface area contributed by atoms with Gasteiger partial charge >= 0.3 is 0 Å². The molecule has 0 saturated heterocycles. The van der Waals surface area contributed by atoms with Crippen LogP contribution in [0.2, 0.25) is 0 Å². The fraction of sp³-hybridized carbons (Fsp3) is 0.533. The average molecular weight is 318 g/mol. The van der Waals surface area contributed by atoms with Gasteiger partial charge in [0.05, 0.1) is 23.5 Å². The summed E-state index contributed by atoms with van der Waals surface area (Å²) in [6, 6.07) is 0. The van der Waals surface area contributed by atoms with Crippen LogP contribution in [-0.2, 0) is 17.9 Å². The summed E-state index contributed by atoms with van der Waals surface area (Å²) in [5.74, 6) is -0.0578. The van der Waals surface area contributed by atoms with E-state index in [4.69, 9.17) is 0 Å². The van der Waals surface area contributed by atoms with Crippen molar-refractivity contribution in [2.45, 2.75) is 47.2 Å². The number of nitrogens with zero attached hydrogens (tertiary/aromatic N) is 5. The highest BCUT2D eigenvalue weighted by atomic mass is 16.1. The number of aromatic nitrogens is 5. The van der Waals surface area contributed by atoms with E-state index in [1.54, 1.807) is 16.3 Å². The first-order chi connectivity index (χ1) is 10.9. The van der Waals surface area contributed by atoms with Gasteiger partial charge in [0.25, 0.3) is 0 Å². The van der Waals surface area contributed by atoms with Crippen molar-refractivity contribution < 1.29 is 9.59 Å². The van der Waals surface area contributed by atoms with E-state index in [1.807, 2.05) is 20.0 Å². The van der Waals surface area contributed by atoms with Crippen molar-refractivity contribution in [3.8, 4) is 0 Å². The van der Waals surface area contributed by atoms with Crippen molar-refractivity contribution >= 4 is 11.7 Å². The Morgan fingerprint density at radius 1 is 1.22 bits per heavy atom. The molecule has 8 heteroatoms. The quantitative estimate of drug-likeness (QED) is 0.762. The van der Waals surface area contributed by atoms with Gasteiger partial charge in [-0.1, -0.05) is 5.21 Å². The average Bonchev–Trinajstić information content (AvgIpc) is 3.00. The topological polar surface area (TPSA) is 94.7 Å². The van der Waals surface area contributed by atoms with Gasteiger partial charge in [-0.3, -0.25) is 19.0 Å². The summed E-state index contributed by atoms with van der Waals surface area (Å²) < 4.78 is 3.40. The monoisotopic (exact) mass is 318 g/mol. The molecule has 0 aliphatic heterocycles. The van der Waals surface area contributed by atoms with Gasteiger partial charge in [-0.25, -0.2) is 0 Å². The number of rotatable bonds is 7. The van der Waals surface area contributed by atoms with Gasteiger partial charge in [-0.2, -0.15) is 5.10 Å². The molecule has 2 rings (SSSR count). The Morgan fingerprint density at radius 2 is 1.96 bits per heavy atom. The Bertz CT molecular complexity index is 716. The molecule has 0 unspecified atom stereocenters. The fourth-order valence-corrected chi connectivity index (χ4v) is 2.53. The lowest BCUT2D eigenvalue weighted by atomic mass is 10.1. The van der Waals surface area contributed by atoms with E-state index in [-0.39, 0.29) is 11.7 Å². The maximum absolute atomic E-state index is 11.9. The molecule has 0 aliphatic carbocycles. The second kappa shape index (κ2) is 7.17. The van der Waals surface area contributed by atoms with Gasteiger partial charge in [-0.05, 0) is 27.7 Å². The lowest BCUT2D eigenvalue weighted by Gasteiger charge is -2.07. The smallest absolute Gasteiger partial charge is 0.221 e. The normalized spacial score (nSPS) is 10.8. The van der Waals surface area contributed by atoms with Gasteiger partial charge in [0.2, 0.25) is 5.91 Å². The molecule has 124 valence electrons. The number of carbonyl (C=O) groups is 2. The summed E-state index contributed by atoms with van der Waals surface area (Å²) in [6.45, 7) is 8.58. The molecule has 0 saturated carbocycles. The third kappa shape index (κ3) is 4.24. The number of carbonyl (C=O) groups excluding carboxylic acids is 2. The Labute approximate surface area is 134 Å². The van der Waals surface area contributed by atoms with Crippen molar-refractivity contribution in [1.82, 2.24) is 30.1 Å². The van der Waals surface area contributed by atoms with E-state index in [9.17, 15) is 9.59 Å². The molecule has 1 amide bonds. The Morgan fingerprint density at radius 3 is 2.52 bits per heavy atom. The molecule has 2 aromatic rings. The molecule has 0 radical (unpaired) electrons. The van der Waals surface area contributed by atoms with Gasteiger partial charge < -0.3 is 5.32 Å². The summed E-state index contributed by atoms with van der Waals surface area (Å²) >= 11 is 0. The third-order valence-electron chi connectivity index (χ3n) is 3.60. The standard InChI is InChI=1S/C15H22N6O2/c1-10-9-20(19-17-10)8-6-16-14(23)5-7-21-12(3)15(13(4)22)11(2)18-21/h9H,5-8H2,1-4H3,(H,16,23). The van der Waals surface area contributed by atoms with Crippen LogP contribution in [0.3, 0.4) is 0 Å². The van der Waals surface area contributed by atoms with Gasteiger partial charge in [0.15, 0.2) is 5.78 Å². The molecule has 23 heavy (non-hydrogen) atoms. The van der Waals surface area contributed by atoms with Crippen LogP contribution >= 0.6 is 0 Å². The molecule has 0 fully saturated rings. The van der Waals surface area contributed by atoms with E-state index >= 15 is 0 Å². The lowest BCUT2D eigenvalue weighted by molar-refractivity contribution is -0.121. The fourth-order valence-electron chi connectivity index (χ4n) is 2.53. The number of aryl methyl sites for hydroxylation is 3. The number of nitrogens with one attached hydrogen (secondary N) is 1. The molecule has 0 spiro atoms. The summed E-state index contributed by atoms with van der Waals surface area (Å²) in [5.41, 5.74) is 3.01. The predicted molar refractivity (Wildman–Crippen MR) is 84.1 cm³/mol. The molecule has 0 aromatic carbocycles. The van der Waals surface area contributed by atoms with Crippen LogP contribution in [-0.4, -0.2) is 43.0 Å². The van der Waals surface area contributed by atoms with Crippen molar-refractivity contribution in [3.05, 3.63) is 28.8 Å². The molecule has 0 atom stereocenters. The van der Waals surface area contributed by atoms with E-state index < -0.39 is 0 Å². The van der Waals surface area contributed by atoms with Crippen LogP contribution in [0.25, 0.3) is 0 Å². The van der Waals surface area contributed by atoms with Gasteiger partial charge in [-0.15, -0.1) is 5.10 Å². The highest BCUT2D eigenvalue weighted by Crippen LogP contribution is 2.13. The molecule has 8 nitrogen and oxygen atoms in total. The van der Waals surface area contributed by atoms with Crippen molar-refractivity contribution in [2.24, 2.45) is 0 Å². The minimum absolute atomic E-state index is 0.00109. The summed E-state index contributed by atoms with van der Waals surface area (Å²) in [6.07, 6.45) is 2.14. The Hall–Kier alpha value is -2.51. The van der Waals surface area contributed by atoms with Gasteiger partial charge in [0.1, 0.15) is 0 Å². The summed E-state index contributed by atoms with van der Waals surface area (Å²) in [5, 5.41) is 15.0. The van der Waals surface area contributed by atoms with E-state index in [0.29, 0.717) is 37.3 Å². The van der Waals surface area contributed by atoms with Crippen LogP contribution in [0, 0.1) is 20.8 Å². The molecule has 2 heterocycles. The first-order valence-electron chi connectivity index (χ1n) is 7.57. The van der Waals surface area contributed by atoms with E-state index in [0.717, 1.165) is 11.4 Å². The van der Waals surface area contributed by atoms with Crippen molar-refractivity contribution in [1.29, 1.82) is 0 Å². The zero-order valence-corrected chi connectivity index (χ0v) is 14.0. The molecule has 0 aliphatic rings. The molecular formula is C15H22N6O2. The Balaban J connectivity index is 1.80. The minimum Gasteiger partial charge on any atom is -0.354 e. The number of ketones is 1. The zero-order valence-electron chi connectivity index (χ0n) is 14.0. The van der Waals surface area contributed by atoms with Crippen LogP contribution in [0.1, 0.15) is 40.8 Å². The number of amides is 1. The summed E-state index contributed by atoms with van der Waals surface area (Å²) in [7, 11) is 0. The van der Waals surface area contributed by atoms with Gasteiger partial charge in [0, 0.05) is 31.4 Å². The second-order valence-corrected chi connectivity index (χ2v) is 5.55. The Kier molecular flexibility index (Phi) is 5.25.